The first kappa shape index (κ1) is 14.1. The van der Waals surface area contributed by atoms with Gasteiger partial charge in [0, 0.05) is 6.07 Å². The molecule has 5 nitrogen and oxygen atoms in total. The molecule has 0 saturated heterocycles. The number of rotatable bonds is 3. The van der Waals surface area contributed by atoms with Crippen molar-refractivity contribution in [2.24, 2.45) is 0 Å². The Labute approximate surface area is 105 Å². The molecular weight excluding hydrogens is 239 g/mol. The molecule has 0 atom stereocenters. The maximum Gasteiger partial charge on any atom is 0.426 e. The third-order valence-corrected chi connectivity index (χ3v) is 1.86. The molecule has 0 bridgehead atoms. The minimum atomic E-state index is -0.620. The van der Waals surface area contributed by atoms with Gasteiger partial charge in [-0.05, 0) is 32.9 Å². The summed E-state index contributed by atoms with van der Waals surface area (Å²) in [6.07, 6.45) is -0.620. The van der Waals surface area contributed by atoms with Crippen LogP contribution in [0, 0.1) is 5.82 Å². The van der Waals surface area contributed by atoms with Gasteiger partial charge < -0.3 is 9.47 Å². The van der Waals surface area contributed by atoms with Crippen LogP contribution in [0.2, 0.25) is 0 Å². The zero-order valence-corrected chi connectivity index (χ0v) is 10.8. The minimum Gasteiger partial charge on any atom is -0.494 e. The number of carbonyl (C=O) groups excluding carboxylic acids is 1. The molecule has 0 aliphatic carbocycles. The van der Waals surface area contributed by atoms with E-state index in [4.69, 9.17) is 9.47 Å². The summed E-state index contributed by atoms with van der Waals surface area (Å²) in [6, 6.07) is 4.12. The quantitative estimate of drug-likeness (QED) is 0.816. The maximum atomic E-state index is 13.1. The largest absolute Gasteiger partial charge is 0.494 e. The summed E-state index contributed by atoms with van der Waals surface area (Å²) < 4.78 is 23.0. The van der Waals surface area contributed by atoms with Gasteiger partial charge >= 0.3 is 6.09 Å². The molecule has 0 spiro atoms. The highest BCUT2D eigenvalue weighted by molar-refractivity contribution is 5.70. The highest BCUT2D eigenvalue weighted by Crippen LogP contribution is 2.20. The van der Waals surface area contributed by atoms with Crippen molar-refractivity contribution in [1.82, 2.24) is 5.43 Å². The van der Waals surface area contributed by atoms with Gasteiger partial charge in [-0.15, -0.1) is 0 Å². The summed E-state index contributed by atoms with van der Waals surface area (Å²) in [4.78, 5) is 11.4. The number of hydrogen-bond acceptors (Lipinski definition) is 4. The second kappa shape index (κ2) is 5.57. The Morgan fingerprint density at radius 2 is 2.00 bits per heavy atom. The second-order valence-corrected chi connectivity index (χ2v) is 4.60. The van der Waals surface area contributed by atoms with Crippen molar-refractivity contribution in [3.63, 3.8) is 0 Å². The van der Waals surface area contributed by atoms with E-state index < -0.39 is 17.5 Å². The number of hydrazine groups is 1. The number of nitrogens with one attached hydrogen (secondary N) is 2. The molecule has 6 heteroatoms. The van der Waals surface area contributed by atoms with Gasteiger partial charge in [0.25, 0.3) is 0 Å². The highest BCUT2D eigenvalue weighted by atomic mass is 19.1. The molecule has 0 heterocycles. The lowest BCUT2D eigenvalue weighted by Gasteiger charge is -2.20. The first-order valence-corrected chi connectivity index (χ1v) is 5.40. The van der Waals surface area contributed by atoms with Crippen molar-refractivity contribution in [2.75, 3.05) is 12.5 Å². The van der Waals surface area contributed by atoms with Crippen molar-refractivity contribution < 1.29 is 18.7 Å². The van der Waals surface area contributed by atoms with Crippen LogP contribution in [0.1, 0.15) is 20.8 Å². The van der Waals surface area contributed by atoms with Crippen LogP contribution in [0.25, 0.3) is 0 Å². The normalized spacial score (nSPS) is 10.7. The average Bonchev–Trinajstić information content (AvgIpc) is 2.25. The maximum absolute atomic E-state index is 13.1. The second-order valence-electron chi connectivity index (χ2n) is 4.60. The molecule has 1 aromatic rings. The minimum absolute atomic E-state index is 0.0889. The van der Waals surface area contributed by atoms with Crippen LogP contribution in [0.5, 0.6) is 5.75 Å². The standard InChI is InChI=1S/C12H17FN2O3/c1-12(2,3)18-11(16)15-14-8-5-6-9(13)10(7-8)17-4/h5-7,14H,1-4H3,(H,15,16). The zero-order valence-electron chi connectivity index (χ0n) is 10.8. The molecule has 0 radical (unpaired) electrons. The fourth-order valence-electron chi connectivity index (χ4n) is 1.16. The van der Waals surface area contributed by atoms with Crippen molar-refractivity contribution in [3.8, 4) is 5.75 Å². The Morgan fingerprint density at radius 1 is 1.33 bits per heavy atom. The molecule has 0 unspecified atom stereocenters. The first-order chi connectivity index (χ1) is 8.31. The molecule has 1 amide bonds. The summed E-state index contributed by atoms with van der Waals surface area (Å²) in [6.45, 7) is 5.27. The summed E-state index contributed by atoms with van der Waals surface area (Å²) in [7, 11) is 1.36. The Balaban J connectivity index is 2.56. The Hall–Kier alpha value is -1.98. The topological polar surface area (TPSA) is 59.6 Å². The van der Waals surface area contributed by atoms with Crippen molar-refractivity contribution >= 4 is 11.8 Å². The summed E-state index contributed by atoms with van der Waals surface area (Å²) in [5.74, 6) is -0.383. The number of hydrogen-bond donors (Lipinski definition) is 2. The predicted molar refractivity (Wildman–Crippen MR) is 65.9 cm³/mol. The van der Waals surface area contributed by atoms with Crippen LogP contribution in [-0.2, 0) is 4.74 Å². The molecule has 18 heavy (non-hydrogen) atoms. The van der Waals surface area contributed by atoms with E-state index in [9.17, 15) is 9.18 Å². The summed E-state index contributed by atoms with van der Waals surface area (Å²) in [5, 5.41) is 0. The molecule has 1 rings (SSSR count). The molecule has 0 aliphatic heterocycles. The van der Waals surface area contributed by atoms with Gasteiger partial charge in [-0.25, -0.2) is 14.6 Å². The molecule has 0 saturated carbocycles. The van der Waals surface area contributed by atoms with E-state index in [-0.39, 0.29) is 5.75 Å². The molecule has 1 aromatic carbocycles. The van der Waals surface area contributed by atoms with E-state index in [0.29, 0.717) is 5.69 Å². The Bertz CT molecular complexity index is 430. The third kappa shape index (κ3) is 4.48. The van der Waals surface area contributed by atoms with Gasteiger partial charge in [-0.3, -0.25) is 5.43 Å². The van der Waals surface area contributed by atoms with Gasteiger partial charge in [-0.2, -0.15) is 0 Å². The molecule has 0 aromatic heterocycles. The molecule has 100 valence electrons. The fraction of sp³-hybridized carbons (Fsp3) is 0.417. The lowest BCUT2D eigenvalue weighted by molar-refractivity contribution is 0.0541. The van der Waals surface area contributed by atoms with Crippen LogP contribution in [0.15, 0.2) is 18.2 Å². The zero-order chi connectivity index (χ0) is 13.8. The van der Waals surface area contributed by atoms with E-state index in [1.165, 1.54) is 25.3 Å². The van der Waals surface area contributed by atoms with E-state index >= 15 is 0 Å². The number of halogens is 1. The van der Waals surface area contributed by atoms with Crippen LogP contribution in [-0.4, -0.2) is 18.8 Å². The number of carbonyl (C=O) groups is 1. The van der Waals surface area contributed by atoms with Gasteiger partial charge in [0.05, 0.1) is 12.8 Å². The first-order valence-electron chi connectivity index (χ1n) is 5.40. The van der Waals surface area contributed by atoms with Gasteiger partial charge in [0.1, 0.15) is 5.60 Å². The Morgan fingerprint density at radius 3 is 2.56 bits per heavy atom. The Kier molecular flexibility index (Phi) is 4.36. The molecule has 0 fully saturated rings. The van der Waals surface area contributed by atoms with E-state index in [1.807, 2.05) is 0 Å². The SMILES string of the molecule is COc1cc(NNC(=O)OC(C)(C)C)ccc1F. The molecule has 0 aliphatic rings. The highest BCUT2D eigenvalue weighted by Gasteiger charge is 2.15. The fourth-order valence-corrected chi connectivity index (χ4v) is 1.16. The molecular formula is C12H17FN2O3. The van der Waals surface area contributed by atoms with Crippen LogP contribution < -0.4 is 15.6 Å². The number of methoxy groups -OCH3 is 1. The average molecular weight is 256 g/mol. The lowest BCUT2D eigenvalue weighted by atomic mass is 10.2. The predicted octanol–water partition coefficient (Wildman–Crippen LogP) is 2.69. The van der Waals surface area contributed by atoms with Crippen LogP contribution >= 0.6 is 0 Å². The van der Waals surface area contributed by atoms with Crippen LogP contribution in [0.4, 0.5) is 14.9 Å². The number of anilines is 1. The van der Waals surface area contributed by atoms with Crippen molar-refractivity contribution in [2.45, 2.75) is 26.4 Å². The number of ether oxygens (including phenoxy) is 2. The van der Waals surface area contributed by atoms with E-state index in [0.717, 1.165) is 0 Å². The van der Waals surface area contributed by atoms with Crippen molar-refractivity contribution in [3.05, 3.63) is 24.0 Å². The van der Waals surface area contributed by atoms with Gasteiger partial charge in [0.2, 0.25) is 0 Å². The van der Waals surface area contributed by atoms with E-state index in [2.05, 4.69) is 10.9 Å². The van der Waals surface area contributed by atoms with Gasteiger partial charge in [-0.1, -0.05) is 0 Å². The van der Waals surface area contributed by atoms with Crippen molar-refractivity contribution in [1.29, 1.82) is 0 Å². The smallest absolute Gasteiger partial charge is 0.426 e. The molecule has 2 N–H and O–H groups in total. The van der Waals surface area contributed by atoms with E-state index in [1.54, 1.807) is 20.8 Å². The number of benzene rings is 1. The number of amides is 1. The monoisotopic (exact) mass is 256 g/mol. The lowest BCUT2D eigenvalue weighted by Crippen LogP contribution is -2.35. The van der Waals surface area contributed by atoms with Gasteiger partial charge in [0.15, 0.2) is 11.6 Å². The third-order valence-electron chi connectivity index (χ3n) is 1.86. The summed E-state index contributed by atoms with van der Waals surface area (Å²) in [5.41, 5.74) is 4.84. The summed E-state index contributed by atoms with van der Waals surface area (Å²) >= 11 is 0. The van der Waals surface area contributed by atoms with Crippen LogP contribution in [0.3, 0.4) is 0 Å².